The van der Waals surface area contributed by atoms with E-state index in [1.807, 2.05) is 0 Å². The van der Waals surface area contributed by atoms with Crippen LogP contribution in [0, 0.1) is 0 Å². The predicted molar refractivity (Wildman–Crippen MR) is 69.0 cm³/mol. The first-order valence-corrected chi connectivity index (χ1v) is 6.36. The Morgan fingerprint density at radius 2 is 2.35 bits per heavy atom. The molecular formula is C11H16ClNO3S. The summed E-state index contributed by atoms with van der Waals surface area (Å²) in [6.45, 7) is 0.930. The van der Waals surface area contributed by atoms with Gasteiger partial charge in [0.2, 0.25) is 0 Å². The third kappa shape index (κ3) is 5.14. The molecular weight excluding hydrogens is 262 g/mol. The number of carbonyl (C=O) groups is 1. The van der Waals surface area contributed by atoms with Gasteiger partial charge in [-0.3, -0.25) is 9.69 Å². The maximum atomic E-state index is 11.8. The Balaban J connectivity index is 2.40. The zero-order valence-corrected chi connectivity index (χ0v) is 11.4. The number of carbonyl (C=O) groups excluding carboxylic acids is 1. The largest absolute Gasteiger partial charge is 0.389 e. The summed E-state index contributed by atoms with van der Waals surface area (Å²) in [6, 6.07) is 3.42. The summed E-state index contributed by atoms with van der Waals surface area (Å²) in [5, 5.41) is 9.51. The molecule has 1 rings (SSSR count). The van der Waals surface area contributed by atoms with E-state index in [4.69, 9.17) is 16.3 Å². The number of aliphatic hydroxyl groups excluding tert-OH is 1. The summed E-state index contributed by atoms with van der Waals surface area (Å²) in [6.07, 6.45) is -0.579. The minimum absolute atomic E-state index is 0.00835. The van der Waals surface area contributed by atoms with Gasteiger partial charge in [-0.15, -0.1) is 11.3 Å². The molecule has 17 heavy (non-hydrogen) atoms. The molecule has 1 aromatic heterocycles. The Kier molecular flexibility index (Phi) is 6.08. The highest BCUT2D eigenvalue weighted by molar-refractivity contribution is 7.18. The highest BCUT2D eigenvalue weighted by Crippen LogP contribution is 2.21. The van der Waals surface area contributed by atoms with Crippen molar-refractivity contribution in [3.63, 3.8) is 0 Å². The summed E-state index contributed by atoms with van der Waals surface area (Å²) in [4.78, 5) is 14.2. The van der Waals surface area contributed by atoms with Crippen molar-refractivity contribution in [1.29, 1.82) is 0 Å². The molecule has 4 nitrogen and oxygen atoms in total. The van der Waals surface area contributed by atoms with Crippen LogP contribution in [-0.4, -0.2) is 55.7 Å². The quantitative estimate of drug-likeness (QED) is 0.768. The van der Waals surface area contributed by atoms with Crippen molar-refractivity contribution in [2.75, 3.05) is 33.9 Å². The van der Waals surface area contributed by atoms with Crippen molar-refractivity contribution < 1.29 is 14.6 Å². The fourth-order valence-corrected chi connectivity index (χ4v) is 2.43. The van der Waals surface area contributed by atoms with Gasteiger partial charge in [-0.2, -0.15) is 0 Å². The number of Topliss-reactive ketones (excluding diaryl/α,β-unsaturated/α-hetero) is 1. The lowest BCUT2D eigenvalue weighted by molar-refractivity contribution is 0.0428. The van der Waals surface area contributed by atoms with E-state index in [1.165, 1.54) is 18.4 Å². The first kappa shape index (κ1) is 14.6. The van der Waals surface area contributed by atoms with Gasteiger partial charge in [-0.25, -0.2) is 0 Å². The van der Waals surface area contributed by atoms with Gasteiger partial charge in [0.15, 0.2) is 5.78 Å². The molecule has 0 aliphatic carbocycles. The van der Waals surface area contributed by atoms with Gasteiger partial charge in [0, 0.05) is 13.7 Å². The minimum Gasteiger partial charge on any atom is -0.389 e. The lowest BCUT2D eigenvalue weighted by Gasteiger charge is -2.18. The molecule has 96 valence electrons. The molecule has 0 saturated heterocycles. The van der Waals surface area contributed by atoms with Crippen molar-refractivity contribution in [3.8, 4) is 0 Å². The van der Waals surface area contributed by atoms with Gasteiger partial charge >= 0.3 is 0 Å². The van der Waals surface area contributed by atoms with Gasteiger partial charge < -0.3 is 9.84 Å². The highest BCUT2D eigenvalue weighted by Gasteiger charge is 2.14. The van der Waals surface area contributed by atoms with Gasteiger partial charge in [0.05, 0.1) is 28.5 Å². The molecule has 0 aromatic carbocycles. The molecule has 0 amide bonds. The summed E-state index contributed by atoms with van der Waals surface area (Å²) in [7, 11) is 3.31. The van der Waals surface area contributed by atoms with Crippen molar-refractivity contribution >= 4 is 28.7 Å². The van der Waals surface area contributed by atoms with Crippen LogP contribution in [0.1, 0.15) is 9.67 Å². The smallest absolute Gasteiger partial charge is 0.186 e. The molecule has 0 fully saturated rings. The average molecular weight is 278 g/mol. The van der Waals surface area contributed by atoms with Crippen molar-refractivity contribution in [2.45, 2.75) is 6.10 Å². The summed E-state index contributed by atoms with van der Waals surface area (Å²) in [5.41, 5.74) is 0. The summed E-state index contributed by atoms with van der Waals surface area (Å²) in [5.74, 6) is 0.00835. The van der Waals surface area contributed by atoms with Crippen molar-refractivity contribution in [1.82, 2.24) is 4.90 Å². The summed E-state index contributed by atoms with van der Waals surface area (Å²) >= 11 is 7.03. The number of rotatable bonds is 7. The number of hydrogen-bond donors (Lipinski definition) is 1. The van der Waals surface area contributed by atoms with Crippen LogP contribution in [0.15, 0.2) is 12.1 Å². The predicted octanol–water partition coefficient (Wildman–Crippen LogP) is 1.52. The number of thiophene rings is 1. The van der Waals surface area contributed by atoms with E-state index in [0.717, 1.165) is 0 Å². The Morgan fingerprint density at radius 1 is 1.65 bits per heavy atom. The highest BCUT2D eigenvalue weighted by atomic mass is 35.5. The molecule has 1 heterocycles. The van der Waals surface area contributed by atoms with E-state index in [0.29, 0.717) is 15.8 Å². The van der Waals surface area contributed by atoms with Gasteiger partial charge in [0.1, 0.15) is 0 Å². The second-order valence-corrected chi connectivity index (χ2v) is 5.55. The summed E-state index contributed by atoms with van der Waals surface area (Å²) < 4.78 is 5.43. The number of aliphatic hydroxyl groups is 1. The van der Waals surface area contributed by atoms with Crippen molar-refractivity contribution in [2.24, 2.45) is 0 Å². The van der Waals surface area contributed by atoms with Gasteiger partial charge in [-0.1, -0.05) is 11.6 Å². The fraction of sp³-hybridized carbons (Fsp3) is 0.545. The van der Waals surface area contributed by atoms with E-state index < -0.39 is 6.10 Å². The third-order valence-electron chi connectivity index (χ3n) is 2.14. The van der Waals surface area contributed by atoms with Crippen LogP contribution < -0.4 is 0 Å². The van der Waals surface area contributed by atoms with E-state index in [9.17, 15) is 9.90 Å². The molecule has 1 aromatic rings. The van der Waals surface area contributed by atoms with E-state index in [2.05, 4.69) is 0 Å². The second kappa shape index (κ2) is 7.08. The molecule has 0 spiro atoms. The van der Waals surface area contributed by atoms with Crippen molar-refractivity contribution in [3.05, 3.63) is 21.3 Å². The number of ether oxygens (including phenoxy) is 1. The van der Waals surface area contributed by atoms with Crippen LogP contribution in [0.5, 0.6) is 0 Å². The first-order valence-electron chi connectivity index (χ1n) is 5.17. The molecule has 0 aliphatic rings. The normalized spacial score (nSPS) is 13.0. The van der Waals surface area contributed by atoms with Crippen LogP contribution in [0.4, 0.5) is 0 Å². The van der Waals surface area contributed by atoms with E-state index in [-0.39, 0.29) is 18.9 Å². The Morgan fingerprint density at radius 3 is 2.88 bits per heavy atom. The molecule has 1 atom stereocenters. The van der Waals surface area contributed by atoms with Crippen LogP contribution in [0.3, 0.4) is 0 Å². The van der Waals surface area contributed by atoms with Crippen LogP contribution >= 0.6 is 22.9 Å². The maximum absolute atomic E-state index is 11.8. The minimum atomic E-state index is -0.579. The topological polar surface area (TPSA) is 49.8 Å². The number of ketones is 1. The molecule has 0 saturated carbocycles. The molecule has 6 heteroatoms. The van der Waals surface area contributed by atoms with Gasteiger partial charge in [-0.05, 0) is 19.2 Å². The Labute approximate surface area is 110 Å². The SMILES string of the molecule is COCC(O)CN(C)CC(=O)c1ccc(Cl)s1. The van der Waals surface area contributed by atoms with E-state index in [1.54, 1.807) is 24.1 Å². The number of hydrogen-bond acceptors (Lipinski definition) is 5. The molecule has 1 unspecified atom stereocenters. The maximum Gasteiger partial charge on any atom is 0.186 e. The number of likely N-dealkylation sites (N-methyl/N-ethyl adjacent to an activating group) is 1. The molecule has 0 bridgehead atoms. The zero-order chi connectivity index (χ0) is 12.8. The van der Waals surface area contributed by atoms with Crippen LogP contribution in [0.2, 0.25) is 4.34 Å². The molecule has 0 aliphatic heterocycles. The molecule has 0 radical (unpaired) electrons. The van der Waals surface area contributed by atoms with Crippen LogP contribution in [0.25, 0.3) is 0 Å². The first-order chi connectivity index (χ1) is 8.02. The number of methoxy groups -OCH3 is 1. The van der Waals surface area contributed by atoms with Crippen LogP contribution in [-0.2, 0) is 4.74 Å². The fourth-order valence-electron chi connectivity index (χ4n) is 1.46. The number of halogens is 1. The third-order valence-corrected chi connectivity index (χ3v) is 3.42. The standard InChI is InChI=1S/C11H16ClNO3S/c1-13(5-8(14)7-16-2)6-9(15)10-3-4-11(12)17-10/h3-4,8,14H,5-7H2,1-2H3. The molecule has 1 N–H and O–H groups in total. The average Bonchev–Trinajstić information content (AvgIpc) is 2.64. The van der Waals surface area contributed by atoms with E-state index >= 15 is 0 Å². The number of nitrogens with zero attached hydrogens (tertiary/aromatic N) is 1. The Hall–Kier alpha value is -0.460. The zero-order valence-electron chi connectivity index (χ0n) is 9.85. The lowest BCUT2D eigenvalue weighted by Crippen LogP contribution is -2.35. The lowest BCUT2D eigenvalue weighted by atomic mass is 10.3. The second-order valence-electron chi connectivity index (χ2n) is 3.83. The van der Waals surface area contributed by atoms with Gasteiger partial charge in [0.25, 0.3) is 0 Å². The monoisotopic (exact) mass is 277 g/mol. The Bertz CT molecular complexity index is 369.